The first-order valence-corrected chi connectivity index (χ1v) is 7.08. The first-order chi connectivity index (χ1) is 10.1. The number of carbonyl (C=O) groups is 1. The minimum Gasteiger partial charge on any atom is -0.386 e. The summed E-state index contributed by atoms with van der Waals surface area (Å²) in [5.41, 5.74) is 5.27. The highest BCUT2D eigenvalue weighted by atomic mass is 35.5. The first-order valence-electron chi connectivity index (χ1n) is 7.08. The van der Waals surface area contributed by atoms with Gasteiger partial charge in [-0.1, -0.05) is 18.2 Å². The van der Waals surface area contributed by atoms with Gasteiger partial charge in [-0.25, -0.2) is 4.39 Å². The molecule has 0 aromatic heterocycles. The average molecular weight is 333 g/mol. The van der Waals surface area contributed by atoms with E-state index in [9.17, 15) is 14.3 Å². The number of amides is 1. The molecule has 1 saturated heterocycles. The highest BCUT2D eigenvalue weighted by Gasteiger charge is 2.38. The monoisotopic (exact) mass is 332 g/mol. The predicted octanol–water partition coefficient (Wildman–Crippen LogP) is 1.15. The quantitative estimate of drug-likeness (QED) is 0.755. The van der Waals surface area contributed by atoms with Crippen LogP contribution in [0.3, 0.4) is 0 Å². The lowest BCUT2D eigenvalue weighted by atomic mass is 9.79. The molecule has 1 fully saturated rings. The lowest BCUT2D eigenvalue weighted by Gasteiger charge is -2.34. The maximum atomic E-state index is 13.6. The Balaban J connectivity index is 0.00000242. The van der Waals surface area contributed by atoms with Crippen LogP contribution in [-0.4, -0.2) is 37.3 Å². The van der Waals surface area contributed by atoms with E-state index >= 15 is 0 Å². The van der Waals surface area contributed by atoms with Gasteiger partial charge in [0.1, 0.15) is 5.82 Å². The Morgan fingerprint density at radius 2 is 2.05 bits per heavy atom. The number of aliphatic hydroxyl groups excluding tert-OH is 1. The van der Waals surface area contributed by atoms with Gasteiger partial charge in [0.05, 0.1) is 11.5 Å². The third-order valence-electron chi connectivity index (χ3n) is 4.04. The molecule has 1 aromatic rings. The van der Waals surface area contributed by atoms with Crippen LogP contribution in [0.2, 0.25) is 0 Å². The van der Waals surface area contributed by atoms with E-state index in [-0.39, 0.29) is 37.0 Å². The number of hydrogen-bond acceptors (Lipinski definition) is 4. The Kier molecular flexibility index (Phi) is 7.22. The predicted molar refractivity (Wildman–Crippen MR) is 83.2 cm³/mol. The van der Waals surface area contributed by atoms with Crippen molar-refractivity contribution in [2.45, 2.75) is 18.9 Å². The number of aliphatic hydroxyl groups is 1. The second kappa shape index (κ2) is 8.43. The molecule has 0 aliphatic carbocycles. The van der Waals surface area contributed by atoms with Crippen LogP contribution < -0.4 is 11.1 Å². The number of halogens is 2. The lowest BCUT2D eigenvalue weighted by molar-refractivity contribution is -0.136. The van der Waals surface area contributed by atoms with Gasteiger partial charge in [-0.2, -0.15) is 0 Å². The molecular formula is C15H22ClFN2O3. The second-order valence-electron chi connectivity index (χ2n) is 5.34. The van der Waals surface area contributed by atoms with Crippen LogP contribution in [-0.2, 0) is 9.53 Å². The lowest BCUT2D eigenvalue weighted by Crippen LogP contribution is -2.49. The van der Waals surface area contributed by atoms with Gasteiger partial charge in [-0.15, -0.1) is 12.4 Å². The molecule has 1 aliphatic rings. The van der Waals surface area contributed by atoms with Crippen LogP contribution in [0.4, 0.5) is 4.39 Å². The Hall–Kier alpha value is -1.21. The Labute approximate surface area is 135 Å². The molecule has 1 aliphatic heterocycles. The SMILES string of the molecule is Cl.NCC1(C(=O)NCC(O)c2ccccc2F)CCOCC1. The largest absolute Gasteiger partial charge is 0.386 e. The van der Waals surface area contributed by atoms with Crippen molar-refractivity contribution in [3.63, 3.8) is 0 Å². The standard InChI is InChI=1S/C15H21FN2O3.ClH/c16-12-4-2-1-3-11(12)13(19)9-18-14(20)15(10-17)5-7-21-8-6-15;/h1-4,13,19H,5-10,17H2,(H,18,20);1H. The van der Waals surface area contributed by atoms with Gasteiger partial charge >= 0.3 is 0 Å². The van der Waals surface area contributed by atoms with Crippen molar-refractivity contribution in [2.75, 3.05) is 26.3 Å². The number of hydrogen-bond donors (Lipinski definition) is 3. The Bertz CT molecular complexity index is 495. The summed E-state index contributed by atoms with van der Waals surface area (Å²) in [7, 11) is 0. The maximum Gasteiger partial charge on any atom is 0.227 e. The van der Waals surface area contributed by atoms with Crippen molar-refractivity contribution < 1.29 is 19.0 Å². The molecule has 1 atom stereocenters. The van der Waals surface area contributed by atoms with Crippen molar-refractivity contribution in [1.29, 1.82) is 0 Å². The molecule has 0 saturated carbocycles. The van der Waals surface area contributed by atoms with E-state index in [4.69, 9.17) is 10.5 Å². The van der Waals surface area contributed by atoms with Gasteiger partial charge in [0.15, 0.2) is 0 Å². The minimum atomic E-state index is -1.08. The molecule has 124 valence electrons. The fraction of sp³-hybridized carbons (Fsp3) is 0.533. The molecule has 1 aromatic carbocycles. The number of benzene rings is 1. The molecule has 0 bridgehead atoms. The summed E-state index contributed by atoms with van der Waals surface area (Å²) >= 11 is 0. The summed E-state index contributed by atoms with van der Waals surface area (Å²) in [5.74, 6) is -0.692. The van der Waals surface area contributed by atoms with Gasteiger partial charge in [0, 0.05) is 31.9 Å². The molecule has 1 heterocycles. The average Bonchev–Trinajstić information content (AvgIpc) is 2.53. The van der Waals surface area contributed by atoms with Crippen LogP contribution in [0.1, 0.15) is 24.5 Å². The van der Waals surface area contributed by atoms with Crippen LogP contribution in [0.5, 0.6) is 0 Å². The third-order valence-corrected chi connectivity index (χ3v) is 4.04. The van der Waals surface area contributed by atoms with Crippen LogP contribution in [0.25, 0.3) is 0 Å². The van der Waals surface area contributed by atoms with Gasteiger partial charge in [-0.05, 0) is 18.9 Å². The Morgan fingerprint density at radius 3 is 2.64 bits per heavy atom. The van der Waals surface area contributed by atoms with Gasteiger partial charge in [-0.3, -0.25) is 4.79 Å². The molecule has 0 spiro atoms. The van der Waals surface area contributed by atoms with Crippen molar-refractivity contribution in [3.8, 4) is 0 Å². The summed E-state index contributed by atoms with van der Waals surface area (Å²) < 4.78 is 18.8. The fourth-order valence-corrected chi connectivity index (χ4v) is 2.52. The maximum absolute atomic E-state index is 13.6. The summed E-state index contributed by atoms with van der Waals surface area (Å²) in [6.07, 6.45) is 0.0424. The molecule has 5 nitrogen and oxygen atoms in total. The summed E-state index contributed by atoms with van der Waals surface area (Å²) in [6, 6.07) is 5.97. The molecule has 4 N–H and O–H groups in total. The second-order valence-corrected chi connectivity index (χ2v) is 5.34. The van der Waals surface area contributed by atoms with Crippen molar-refractivity contribution >= 4 is 18.3 Å². The van der Waals surface area contributed by atoms with Crippen LogP contribution >= 0.6 is 12.4 Å². The summed E-state index contributed by atoms with van der Waals surface area (Å²) in [5, 5.41) is 12.7. The number of ether oxygens (including phenoxy) is 1. The highest BCUT2D eigenvalue weighted by molar-refractivity contribution is 5.85. The van der Waals surface area contributed by atoms with E-state index in [1.54, 1.807) is 12.1 Å². The van der Waals surface area contributed by atoms with Gasteiger partial charge in [0.2, 0.25) is 5.91 Å². The topological polar surface area (TPSA) is 84.6 Å². The van der Waals surface area contributed by atoms with Crippen molar-refractivity contribution in [2.24, 2.45) is 11.1 Å². The molecular weight excluding hydrogens is 311 g/mol. The van der Waals surface area contributed by atoms with Crippen LogP contribution in [0.15, 0.2) is 24.3 Å². The zero-order valence-electron chi connectivity index (χ0n) is 12.3. The van der Waals surface area contributed by atoms with Gasteiger partial charge in [0.25, 0.3) is 0 Å². The van der Waals surface area contributed by atoms with E-state index < -0.39 is 17.3 Å². The van der Waals surface area contributed by atoms with Crippen molar-refractivity contribution in [1.82, 2.24) is 5.32 Å². The minimum absolute atomic E-state index is 0. The molecule has 1 amide bonds. The fourth-order valence-electron chi connectivity index (χ4n) is 2.52. The van der Waals surface area contributed by atoms with Crippen LogP contribution in [0, 0.1) is 11.2 Å². The Morgan fingerprint density at radius 1 is 1.41 bits per heavy atom. The highest BCUT2D eigenvalue weighted by Crippen LogP contribution is 2.29. The number of nitrogens with two attached hydrogens (primary N) is 1. The number of rotatable bonds is 5. The molecule has 22 heavy (non-hydrogen) atoms. The van der Waals surface area contributed by atoms with Gasteiger partial charge < -0.3 is 20.9 Å². The molecule has 7 heteroatoms. The first kappa shape index (κ1) is 18.8. The zero-order valence-corrected chi connectivity index (χ0v) is 13.1. The number of nitrogens with one attached hydrogen (secondary N) is 1. The van der Waals surface area contributed by atoms with E-state index in [1.807, 2.05) is 0 Å². The summed E-state index contributed by atoms with van der Waals surface area (Å²) in [4.78, 5) is 12.3. The zero-order chi connectivity index (χ0) is 15.3. The molecule has 2 rings (SSSR count). The van der Waals surface area contributed by atoms with E-state index in [0.717, 1.165) is 0 Å². The molecule has 1 unspecified atom stereocenters. The third kappa shape index (κ3) is 4.16. The van der Waals surface area contributed by atoms with E-state index in [2.05, 4.69) is 5.32 Å². The molecule has 0 radical (unpaired) electrons. The van der Waals surface area contributed by atoms with E-state index in [0.29, 0.717) is 26.1 Å². The number of carbonyl (C=O) groups excluding carboxylic acids is 1. The summed E-state index contributed by atoms with van der Waals surface area (Å²) in [6.45, 7) is 1.20. The normalized spacial score (nSPS) is 18.1. The van der Waals surface area contributed by atoms with E-state index in [1.165, 1.54) is 12.1 Å². The smallest absolute Gasteiger partial charge is 0.227 e. The van der Waals surface area contributed by atoms with Crippen molar-refractivity contribution in [3.05, 3.63) is 35.6 Å².